The molecule has 1 aliphatic heterocycles. The number of hydrogen-bond donors (Lipinski definition) is 1. The monoisotopic (exact) mass is 387 g/mol. The number of anilines is 1. The van der Waals surface area contributed by atoms with Crippen LogP contribution in [0.2, 0.25) is 0 Å². The zero-order valence-corrected chi connectivity index (χ0v) is 16.5. The van der Waals surface area contributed by atoms with Crippen LogP contribution in [0, 0.1) is 0 Å². The second-order valence-electron chi connectivity index (χ2n) is 7.20. The first-order valence-electron chi connectivity index (χ1n) is 9.99. The molecule has 5 heteroatoms. The Morgan fingerprint density at radius 1 is 1.07 bits per heavy atom. The Kier molecular flexibility index (Phi) is 5.75. The Morgan fingerprint density at radius 2 is 1.79 bits per heavy atom. The fourth-order valence-corrected chi connectivity index (χ4v) is 3.39. The second kappa shape index (κ2) is 8.78. The number of nitrogens with one attached hydrogen (secondary N) is 1. The number of amides is 1. The van der Waals surface area contributed by atoms with Gasteiger partial charge in [-0.2, -0.15) is 0 Å². The molecule has 0 aliphatic carbocycles. The molecule has 1 aromatic heterocycles. The molecule has 1 aliphatic rings. The summed E-state index contributed by atoms with van der Waals surface area (Å²) in [6.45, 7) is 4.09. The summed E-state index contributed by atoms with van der Waals surface area (Å²) in [7, 11) is 0. The van der Waals surface area contributed by atoms with Crippen molar-refractivity contribution >= 4 is 11.6 Å². The van der Waals surface area contributed by atoms with Gasteiger partial charge in [-0.1, -0.05) is 25.1 Å². The fourth-order valence-electron chi connectivity index (χ4n) is 3.39. The molecule has 0 spiro atoms. The number of para-hydroxylation sites is 1. The lowest BCUT2D eigenvalue weighted by Gasteiger charge is -2.39. The zero-order chi connectivity index (χ0) is 20.1. The second-order valence-corrected chi connectivity index (χ2v) is 7.20. The lowest BCUT2D eigenvalue weighted by Crippen LogP contribution is -2.56. The van der Waals surface area contributed by atoms with E-state index in [-0.39, 0.29) is 12.0 Å². The molecule has 1 saturated heterocycles. The maximum atomic E-state index is 12.7. The molecule has 1 fully saturated rings. The number of rotatable bonds is 7. The minimum atomic E-state index is 0.0503. The van der Waals surface area contributed by atoms with E-state index in [0.717, 1.165) is 30.0 Å². The minimum Gasteiger partial charge on any atom is -0.486 e. The van der Waals surface area contributed by atoms with Crippen molar-refractivity contribution in [2.24, 2.45) is 0 Å². The van der Waals surface area contributed by atoms with Gasteiger partial charge in [0, 0.05) is 30.2 Å². The lowest BCUT2D eigenvalue weighted by molar-refractivity contribution is 0.0174. The van der Waals surface area contributed by atoms with Crippen molar-refractivity contribution in [2.45, 2.75) is 26.0 Å². The molecule has 5 nitrogen and oxygen atoms in total. The highest BCUT2D eigenvalue weighted by atomic mass is 16.5. The van der Waals surface area contributed by atoms with Gasteiger partial charge in [0.2, 0.25) is 0 Å². The quantitative estimate of drug-likeness (QED) is 0.661. The summed E-state index contributed by atoms with van der Waals surface area (Å²) in [5.41, 5.74) is 4.05. The van der Waals surface area contributed by atoms with Gasteiger partial charge in [0.05, 0.1) is 13.1 Å². The highest BCUT2D eigenvalue weighted by Gasteiger charge is 2.33. The number of benzene rings is 2. The standard InChI is InChI=1S/C24H25N3O2/c1-2-19-5-3-4-6-23(19)29-22-16-27(17-22)24(28)20-7-9-21(10-8-20)26-15-18-11-13-25-14-12-18/h3-14,22,26H,2,15-17H2,1H3. The highest BCUT2D eigenvalue weighted by Crippen LogP contribution is 2.24. The van der Waals surface area contributed by atoms with Crippen molar-refractivity contribution in [2.75, 3.05) is 18.4 Å². The van der Waals surface area contributed by atoms with Gasteiger partial charge in [-0.15, -0.1) is 0 Å². The first kappa shape index (κ1) is 19.0. The molecule has 2 aromatic carbocycles. The number of carbonyl (C=O) groups excluding carboxylic acids is 1. The lowest BCUT2D eigenvalue weighted by atomic mass is 10.1. The first-order valence-corrected chi connectivity index (χ1v) is 9.99. The Bertz CT molecular complexity index is 951. The van der Waals surface area contributed by atoms with Crippen LogP contribution >= 0.6 is 0 Å². The van der Waals surface area contributed by atoms with E-state index in [4.69, 9.17) is 4.74 Å². The van der Waals surface area contributed by atoms with E-state index in [0.29, 0.717) is 18.7 Å². The summed E-state index contributed by atoms with van der Waals surface area (Å²) in [6, 6.07) is 19.7. The predicted molar refractivity (Wildman–Crippen MR) is 114 cm³/mol. The zero-order valence-electron chi connectivity index (χ0n) is 16.5. The van der Waals surface area contributed by atoms with Gasteiger partial charge in [0.25, 0.3) is 5.91 Å². The maximum Gasteiger partial charge on any atom is 0.254 e. The van der Waals surface area contributed by atoms with Crippen molar-refractivity contribution in [3.63, 3.8) is 0 Å². The molecule has 0 atom stereocenters. The van der Waals surface area contributed by atoms with Crippen molar-refractivity contribution in [1.82, 2.24) is 9.88 Å². The smallest absolute Gasteiger partial charge is 0.254 e. The van der Waals surface area contributed by atoms with E-state index in [9.17, 15) is 4.79 Å². The molecule has 1 amide bonds. The summed E-state index contributed by atoms with van der Waals surface area (Å²) in [5.74, 6) is 0.978. The largest absolute Gasteiger partial charge is 0.486 e. The summed E-state index contributed by atoms with van der Waals surface area (Å²) in [4.78, 5) is 18.5. The number of hydrogen-bond acceptors (Lipinski definition) is 4. The summed E-state index contributed by atoms with van der Waals surface area (Å²) in [6.07, 6.45) is 4.56. The number of pyridine rings is 1. The Balaban J connectivity index is 1.28. The van der Waals surface area contributed by atoms with Crippen LogP contribution in [0.4, 0.5) is 5.69 Å². The van der Waals surface area contributed by atoms with Crippen LogP contribution in [-0.2, 0) is 13.0 Å². The molecule has 0 saturated carbocycles. The summed E-state index contributed by atoms with van der Waals surface area (Å²) >= 11 is 0. The van der Waals surface area contributed by atoms with E-state index >= 15 is 0 Å². The van der Waals surface area contributed by atoms with Crippen molar-refractivity contribution in [1.29, 1.82) is 0 Å². The molecule has 4 rings (SSSR count). The van der Waals surface area contributed by atoms with E-state index in [2.05, 4.69) is 23.3 Å². The SMILES string of the molecule is CCc1ccccc1OC1CN(C(=O)c2ccc(NCc3ccncc3)cc2)C1. The maximum absolute atomic E-state index is 12.7. The molecule has 29 heavy (non-hydrogen) atoms. The third kappa shape index (κ3) is 4.57. The first-order chi connectivity index (χ1) is 14.2. The van der Waals surface area contributed by atoms with Crippen molar-refractivity contribution in [3.8, 4) is 5.75 Å². The molecular formula is C24H25N3O2. The summed E-state index contributed by atoms with van der Waals surface area (Å²) < 4.78 is 6.07. The van der Waals surface area contributed by atoms with Crippen molar-refractivity contribution < 1.29 is 9.53 Å². The molecule has 148 valence electrons. The Morgan fingerprint density at radius 3 is 2.52 bits per heavy atom. The Labute approximate surface area is 171 Å². The highest BCUT2D eigenvalue weighted by molar-refractivity contribution is 5.95. The molecular weight excluding hydrogens is 362 g/mol. The van der Waals surface area contributed by atoms with Gasteiger partial charge >= 0.3 is 0 Å². The van der Waals surface area contributed by atoms with Gasteiger partial charge in [-0.25, -0.2) is 0 Å². The van der Waals surface area contributed by atoms with Gasteiger partial charge in [0.15, 0.2) is 0 Å². The predicted octanol–water partition coefficient (Wildman–Crippen LogP) is 4.16. The Hall–Kier alpha value is -3.34. The van der Waals surface area contributed by atoms with Crippen LogP contribution in [-0.4, -0.2) is 35.0 Å². The number of aromatic nitrogens is 1. The fraction of sp³-hybridized carbons (Fsp3) is 0.250. The van der Waals surface area contributed by atoms with E-state index in [1.165, 1.54) is 5.56 Å². The number of ether oxygens (including phenoxy) is 1. The van der Waals surface area contributed by atoms with Crippen LogP contribution in [0.5, 0.6) is 5.75 Å². The van der Waals surface area contributed by atoms with Crippen LogP contribution in [0.15, 0.2) is 73.1 Å². The molecule has 1 N–H and O–H groups in total. The average molecular weight is 387 g/mol. The van der Waals surface area contributed by atoms with Crippen LogP contribution in [0.25, 0.3) is 0 Å². The number of nitrogens with zero attached hydrogens (tertiary/aromatic N) is 2. The number of aryl methyl sites for hydroxylation is 1. The van der Waals surface area contributed by atoms with Gasteiger partial charge in [-0.05, 0) is 60.0 Å². The molecule has 2 heterocycles. The third-order valence-electron chi connectivity index (χ3n) is 5.16. The molecule has 0 bridgehead atoms. The van der Waals surface area contributed by atoms with Crippen LogP contribution in [0.1, 0.15) is 28.4 Å². The van der Waals surface area contributed by atoms with E-state index in [1.807, 2.05) is 59.5 Å². The van der Waals surface area contributed by atoms with Gasteiger partial charge in [0.1, 0.15) is 11.9 Å². The van der Waals surface area contributed by atoms with Crippen molar-refractivity contribution in [3.05, 3.63) is 89.7 Å². The minimum absolute atomic E-state index is 0.0503. The average Bonchev–Trinajstić information content (AvgIpc) is 2.75. The number of carbonyl (C=O) groups is 1. The normalized spacial score (nSPS) is 13.6. The molecule has 3 aromatic rings. The third-order valence-corrected chi connectivity index (χ3v) is 5.16. The van der Waals surface area contributed by atoms with Crippen LogP contribution in [0.3, 0.4) is 0 Å². The number of likely N-dealkylation sites (tertiary alicyclic amines) is 1. The van der Waals surface area contributed by atoms with Gasteiger partial charge < -0.3 is 15.0 Å². The van der Waals surface area contributed by atoms with Crippen LogP contribution < -0.4 is 10.1 Å². The molecule has 0 radical (unpaired) electrons. The molecule has 0 unspecified atom stereocenters. The van der Waals surface area contributed by atoms with E-state index < -0.39 is 0 Å². The topological polar surface area (TPSA) is 54.5 Å². The van der Waals surface area contributed by atoms with Gasteiger partial charge in [-0.3, -0.25) is 9.78 Å². The van der Waals surface area contributed by atoms with E-state index in [1.54, 1.807) is 12.4 Å². The summed E-state index contributed by atoms with van der Waals surface area (Å²) in [5, 5.41) is 3.36.